The minimum absolute atomic E-state index is 0.428. The highest BCUT2D eigenvalue weighted by Crippen LogP contribution is 1.71. The Kier molecular flexibility index (Phi) is 2.27. The van der Waals surface area contributed by atoms with E-state index in [9.17, 15) is 0 Å². The summed E-state index contributed by atoms with van der Waals surface area (Å²) in [4.78, 5) is 0. The fraction of sp³-hybridized carbons (Fsp3) is 0. The number of nitrogens with zero attached hydrogens (tertiary/aromatic N) is 2. The quantitative estimate of drug-likeness (QED) is 0.0833. The highest BCUT2D eigenvalue weighted by Gasteiger charge is 2.03. The van der Waals surface area contributed by atoms with Crippen LogP contribution in [0.2, 0.25) is 0 Å². The van der Waals surface area contributed by atoms with Gasteiger partial charge < -0.3 is 16.7 Å². The molecule has 0 saturated carbocycles. The SMILES string of the molecule is N=C(N)N(N)C(N)=NO. The summed E-state index contributed by atoms with van der Waals surface area (Å²) >= 11 is 0. The zero-order valence-corrected chi connectivity index (χ0v) is 4.57. The summed E-state index contributed by atoms with van der Waals surface area (Å²) in [5, 5.41) is 17.6. The van der Waals surface area contributed by atoms with Crippen LogP contribution in [0.1, 0.15) is 0 Å². The maximum Gasteiger partial charge on any atom is 0.254 e. The number of rotatable bonds is 0. The molecular weight excluding hydrogens is 124 g/mol. The van der Waals surface area contributed by atoms with Crippen LogP contribution in [0.25, 0.3) is 0 Å². The summed E-state index contributed by atoms with van der Waals surface area (Å²) in [5.74, 6) is 4.02. The highest BCUT2D eigenvalue weighted by atomic mass is 16.4. The molecule has 0 aromatic heterocycles. The Morgan fingerprint density at radius 3 is 2.11 bits per heavy atom. The second kappa shape index (κ2) is 2.72. The van der Waals surface area contributed by atoms with Gasteiger partial charge in [-0.15, -0.1) is 0 Å². The summed E-state index contributed by atoms with van der Waals surface area (Å²) in [6.07, 6.45) is 0. The highest BCUT2D eigenvalue weighted by molar-refractivity contribution is 5.94. The van der Waals surface area contributed by atoms with E-state index in [0.717, 1.165) is 0 Å². The van der Waals surface area contributed by atoms with Gasteiger partial charge in [0.1, 0.15) is 0 Å². The first-order valence-electron chi connectivity index (χ1n) is 1.96. The molecule has 0 fully saturated rings. The summed E-state index contributed by atoms with van der Waals surface area (Å²) in [6, 6.07) is 0. The number of hydrogen-bond acceptors (Lipinski definition) is 4. The molecule has 0 spiro atoms. The van der Waals surface area contributed by atoms with Crippen LogP contribution >= 0.6 is 0 Å². The van der Waals surface area contributed by atoms with Gasteiger partial charge in [-0.05, 0) is 5.16 Å². The Bertz CT molecular complexity index is 140. The minimum Gasteiger partial charge on any atom is -0.408 e. The molecule has 0 aromatic rings. The first-order valence-corrected chi connectivity index (χ1v) is 1.96. The number of hydrazine groups is 1. The van der Waals surface area contributed by atoms with Crippen LogP contribution in [0.15, 0.2) is 5.16 Å². The summed E-state index contributed by atoms with van der Waals surface area (Å²) < 4.78 is 0. The van der Waals surface area contributed by atoms with Crippen molar-refractivity contribution < 1.29 is 5.21 Å². The third-order valence-corrected chi connectivity index (χ3v) is 0.609. The molecular formula is C2H8N6O. The minimum atomic E-state index is -0.495. The number of nitrogens with one attached hydrogen (secondary N) is 1. The number of nitrogens with two attached hydrogens (primary N) is 3. The van der Waals surface area contributed by atoms with E-state index in [1.165, 1.54) is 0 Å². The Morgan fingerprint density at radius 2 is 2.00 bits per heavy atom. The lowest BCUT2D eigenvalue weighted by molar-refractivity contribution is 0.310. The standard InChI is InChI=1S/C2H8N6O/c3-1(4)8(6)2(5)7-9/h9H,6H2,(H3,3,4)(H2,5,7). The average molecular weight is 132 g/mol. The third-order valence-electron chi connectivity index (χ3n) is 0.609. The molecule has 0 saturated heterocycles. The van der Waals surface area contributed by atoms with E-state index in [1.54, 1.807) is 0 Å². The van der Waals surface area contributed by atoms with E-state index < -0.39 is 11.9 Å². The third kappa shape index (κ3) is 1.82. The lowest BCUT2D eigenvalue weighted by Crippen LogP contribution is -2.50. The van der Waals surface area contributed by atoms with E-state index in [0.29, 0.717) is 5.01 Å². The van der Waals surface area contributed by atoms with Gasteiger partial charge in [0.25, 0.3) is 5.96 Å². The normalized spacial score (nSPS) is 11.0. The first-order chi connectivity index (χ1) is 4.09. The molecule has 0 aliphatic heterocycles. The fourth-order valence-corrected chi connectivity index (χ4v) is 0.172. The molecule has 0 radical (unpaired) electrons. The van der Waals surface area contributed by atoms with Crippen molar-refractivity contribution in [2.24, 2.45) is 22.5 Å². The van der Waals surface area contributed by atoms with Crippen molar-refractivity contribution in [3.05, 3.63) is 0 Å². The Labute approximate surface area is 51.2 Å². The smallest absolute Gasteiger partial charge is 0.254 e. The molecule has 52 valence electrons. The maximum atomic E-state index is 7.94. The van der Waals surface area contributed by atoms with Crippen molar-refractivity contribution in [3.63, 3.8) is 0 Å². The lowest BCUT2D eigenvalue weighted by Gasteiger charge is -2.11. The van der Waals surface area contributed by atoms with E-state index in [1.807, 2.05) is 0 Å². The van der Waals surface area contributed by atoms with Crippen LogP contribution in [-0.4, -0.2) is 22.1 Å². The Hall–Kier alpha value is -1.50. The molecule has 0 heterocycles. The van der Waals surface area contributed by atoms with Gasteiger partial charge >= 0.3 is 0 Å². The molecule has 7 nitrogen and oxygen atoms in total. The van der Waals surface area contributed by atoms with Gasteiger partial charge in [0, 0.05) is 0 Å². The number of oxime groups is 1. The van der Waals surface area contributed by atoms with E-state index in [-0.39, 0.29) is 0 Å². The van der Waals surface area contributed by atoms with Crippen LogP contribution in [0.4, 0.5) is 0 Å². The van der Waals surface area contributed by atoms with Crippen LogP contribution in [0.3, 0.4) is 0 Å². The molecule has 0 bridgehead atoms. The summed E-state index contributed by atoms with van der Waals surface area (Å²) in [6.45, 7) is 0. The van der Waals surface area contributed by atoms with E-state index >= 15 is 0 Å². The molecule has 8 N–H and O–H groups in total. The molecule has 0 atom stereocenters. The van der Waals surface area contributed by atoms with Gasteiger partial charge in [-0.2, -0.15) is 0 Å². The van der Waals surface area contributed by atoms with Crippen molar-refractivity contribution in [2.75, 3.05) is 0 Å². The van der Waals surface area contributed by atoms with Crippen molar-refractivity contribution in [2.45, 2.75) is 0 Å². The fourth-order valence-electron chi connectivity index (χ4n) is 0.172. The van der Waals surface area contributed by atoms with Gasteiger partial charge in [0.05, 0.1) is 0 Å². The second-order valence-electron chi connectivity index (χ2n) is 1.21. The van der Waals surface area contributed by atoms with Gasteiger partial charge in [-0.3, -0.25) is 5.41 Å². The molecule has 0 aromatic carbocycles. The van der Waals surface area contributed by atoms with Crippen molar-refractivity contribution >= 4 is 11.9 Å². The van der Waals surface area contributed by atoms with Crippen LogP contribution in [0.5, 0.6) is 0 Å². The molecule has 0 amide bonds. The van der Waals surface area contributed by atoms with Gasteiger partial charge in [-0.25, -0.2) is 10.9 Å². The first kappa shape index (κ1) is 7.50. The van der Waals surface area contributed by atoms with Crippen LogP contribution in [-0.2, 0) is 0 Å². The molecule has 7 heteroatoms. The van der Waals surface area contributed by atoms with Crippen LogP contribution < -0.4 is 17.3 Å². The lowest BCUT2D eigenvalue weighted by atomic mass is 10.8. The van der Waals surface area contributed by atoms with Gasteiger partial charge in [0.15, 0.2) is 0 Å². The monoisotopic (exact) mass is 132 g/mol. The largest absolute Gasteiger partial charge is 0.408 e. The van der Waals surface area contributed by atoms with Crippen molar-refractivity contribution in [1.29, 1.82) is 5.41 Å². The van der Waals surface area contributed by atoms with E-state index in [4.69, 9.17) is 27.9 Å². The number of hydrogen-bond donors (Lipinski definition) is 5. The molecule has 9 heavy (non-hydrogen) atoms. The van der Waals surface area contributed by atoms with Crippen molar-refractivity contribution in [1.82, 2.24) is 5.01 Å². The molecule has 0 unspecified atom stereocenters. The maximum absolute atomic E-state index is 7.94. The Morgan fingerprint density at radius 1 is 1.56 bits per heavy atom. The average Bonchev–Trinajstić information content (AvgIpc) is 1.84. The predicted molar refractivity (Wildman–Crippen MR) is 31.3 cm³/mol. The summed E-state index contributed by atoms with van der Waals surface area (Å²) in [5.41, 5.74) is 9.72. The van der Waals surface area contributed by atoms with E-state index in [2.05, 4.69) is 5.16 Å². The summed E-state index contributed by atoms with van der Waals surface area (Å²) in [7, 11) is 0. The predicted octanol–water partition coefficient (Wildman–Crippen LogP) is -2.24. The van der Waals surface area contributed by atoms with Crippen molar-refractivity contribution in [3.8, 4) is 0 Å². The molecule has 0 rings (SSSR count). The molecule has 0 aliphatic carbocycles. The van der Waals surface area contributed by atoms with Gasteiger partial charge in [-0.1, -0.05) is 0 Å². The number of guanidine groups is 2. The zero-order valence-electron chi connectivity index (χ0n) is 4.57. The van der Waals surface area contributed by atoms with Crippen LogP contribution in [0, 0.1) is 5.41 Å². The van der Waals surface area contributed by atoms with Gasteiger partial charge in [0.2, 0.25) is 5.96 Å². The second-order valence-corrected chi connectivity index (χ2v) is 1.21. The Balaban J connectivity index is 4.04. The zero-order chi connectivity index (χ0) is 7.44. The molecule has 0 aliphatic rings. The topological polar surface area (TPSA) is 138 Å².